The average Bonchev–Trinajstić information content (AvgIpc) is 2.40. The third-order valence-electron chi connectivity index (χ3n) is 3.51. The maximum atomic E-state index is 13.6. The van der Waals surface area contributed by atoms with Gasteiger partial charge in [-0.2, -0.15) is 0 Å². The molecule has 1 aliphatic heterocycles. The van der Waals surface area contributed by atoms with E-state index in [2.05, 4.69) is 11.9 Å². The third kappa shape index (κ3) is 2.68. The molecule has 0 aromatic carbocycles. The number of nitrogens with zero attached hydrogens (tertiary/aromatic N) is 2. The summed E-state index contributed by atoms with van der Waals surface area (Å²) >= 11 is 0. The monoisotopic (exact) mass is 250 g/mol. The topological polar surface area (TPSA) is 33.2 Å². The van der Waals surface area contributed by atoms with Crippen molar-refractivity contribution in [1.29, 1.82) is 0 Å². The molecule has 1 unspecified atom stereocenters. The predicted octanol–water partition coefficient (Wildman–Crippen LogP) is 3.02. The van der Waals surface area contributed by atoms with E-state index in [1.54, 1.807) is 0 Å². The van der Waals surface area contributed by atoms with Crippen LogP contribution in [0.3, 0.4) is 0 Å². The summed E-state index contributed by atoms with van der Waals surface area (Å²) in [6.07, 6.45) is 7.82. The molecule has 1 fully saturated rings. The zero-order valence-corrected chi connectivity index (χ0v) is 10.7. The van der Waals surface area contributed by atoms with Crippen molar-refractivity contribution in [2.45, 2.75) is 45.1 Å². The van der Waals surface area contributed by atoms with Gasteiger partial charge in [-0.1, -0.05) is 13.3 Å². The molecular formula is C14H19FN2O. The van der Waals surface area contributed by atoms with Gasteiger partial charge < -0.3 is 4.90 Å². The standard InChI is InChI=1S/C14H19FN2O/c1-2-5-11-6-3-4-9-17(11)14(18)12-7-8-16-10-13(12)15/h7-8,10-11H,2-6,9H2,1H3. The van der Waals surface area contributed by atoms with Gasteiger partial charge in [-0.25, -0.2) is 4.39 Å². The van der Waals surface area contributed by atoms with Crippen LogP contribution in [-0.2, 0) is 0 Å². The maximum Gasteiger partial charge on any atom is 0.257 e. The highest BCUT2D eigenvalue weighted by Gasteiger charge is 2.28. The van der Waals surface area contributed by atoms with E-state index in [1.807, 2.05) is 4.90 Å². The summed E-state index contributed by atoms with van der Waals surface area (Å²) in [6.45, 7) is 2.86. The van der Waals surface area contributed by atoms with Gasteiger partial charge in [-0.05, 0) is 31.7 Å². The zero-order valence-electron chi connectivity index (χ0n) is 10.7. The van der Waals surface area contributed by atoms with Gasteiger partial charge in [-0.3, -0.25) is 9.78 Å². The van der Waals surface area contributed by atoms with Gasteiger partial charge in [0.05, 0.1) is 11.8 Å². The molecule has 1 atom stereocenters. The summed E-state index contributed by atoms with van der Waals surface area (Å²) in [6, 6.07) is 1.73. The fraction of sp³-hybridized carbons (Fsp3) is 0.571. The minimum Gasteiger partial charge on any atom is -0.336 e. The van der Waals surface area contributed by atoms with Crippen molar-refractivity contribution >= 4 is 5.91 Å². The molecule has 98 valence electrons. The summed E-state index contributed by atoms with van der Waals surface area (Å²) in [5, 5.41) is 0. The number of piperidine rings is 1. The second-order valence-corrected chi connectivity index (χ2v) is 4.79. The first-order chi connectivity index (χ1) is 8.74. The van der Waals surface area contributed by atoms with Crippen LogP contribution in [0.1, 0.15) is 49.4 Å². The second-order valence-electron chi connectivity index (χ2n) is 4.79. The van der Waals surface area contributed by atoms with Crippen LogP contribution in [0.5, 0.6) is 0 Å². The molecule has 0 radical (unpaired) electrons. The summed E-state index contributed by atoms with van der Waals surface area (Å²) < 4.78 is 13.6. The molecule has 3 nitrogen and oxygen atoms in total. The average molecular weight is 250 g/mol. The number of amides is 1. The number of likely N-dealkylation sites (tertiary alicyclic amines) is 1. The van der Waals surface area contributed by atoms with Gasteiger partial charge >= 0.3 is 0 Å². The first kappa shape index (κ1) is 13.0. The number of hydrogen-bond donors (Lipinski definition) is 0. The molecule has 1 amide bonds. The molecule has 0 N–H and O–H groups in total. The Morgan fingerprint density at radius 2 is 2.39 bits per heavy atom. The molecule has 2 heterocycles. The SMILES string of the molecule is CCCC1CCCCN1C(=O)c1ccncc1F. The van der Waals surface area contributed by atoms with Gasteiger partial charge in [0.1, 0.15) is 0 Å². The summed E-state index contributed by atoms with van der Waals surface area (Å²) in [7, 11) is 0. The Hall–Kier alpha value is -1.45. The van der Waals surface area contributed by atoms with Crippen molar-refractivity contribution in [2.24, 2.45) is 0 Å². The Morgan fingerprint density at radius 1 is 1.56 bits per heavy atom. The van der Waals surface area contributed by atoms with Crippen molar-refractivity contribution in [1.82, 2.24) is 9.88 Å². The van der Waals surface area contributed by atoms with Gasteiger partial charge in [0.2, 0.25) is 0 Å². The van der Waals surface area contributed by atoms with Gasteiger partial charge in [0.15, 0.2) is 5.82 Å². The van der Waals surface area contributed by atoms with Crippen LogP contribution in [0.25, 0.3) is 0 Å². The van der Waals surface area contributed by atoms with Crippen molar-refractivity contribution in [3.63, 3.8) is 0 Å². The number of aromatic nitrogens is 1. The van der Waals surface area contributed by atoms with Crippen molar-refractivity contribution in [3.05, 3.63) is 29.8 Å². The number of pyridine rings is 1. The molecule has 18 heavy (non-hydrogen) atoms. The fourth-order valence-corrected chi connectivity index (χ4v) is 2.60. The normalized spacial score (nSPS) is 19.9. The first-order valence-corrected chi connectivity index (χ1v) is 6.64. The molecule has 2 rings (SSSR count). The molecule has 1 saturated heterocycles. The predicted molar refractivity (Wildman–Crippen MR) is 67.8 cm³/mol. The summed E-state index contributed by atoms with van der Waals surface area (Å²) in [5.41, 5.74) is 0.146. The van der Waals surface area contributed by atoms with Crippen molar-refractivity contribution in [2.75, 3.05) is 6.54 Å². The minimum absolute atomic E-state index is 0.146. The molecule has 0 aliphatic carbocycles. The molecular weight excluding hydrogens is 231 g/mol. The smallest absolute Gasteiger partial charge is 0.257 e. The lowest BCUT2D eigenvalue weighted by atomic mass is 9.97. The first-order valence-electron chi connectivity index (χ1n) is 6.64. The lowest BCUT2D eigenvalue weighted by Crippen LogP contribution is -2.43. The van der Waals surface area contributed by atoms with E-state index in [-0.39, 0.29) is 17.5 Å². The van der Waals surface area contributed by atoms with Crippen LogP contribution >= 0.6 is 0 Å². The van der Waals surface area contributed by atoms with E-state index in [0.717, 1.165) is 44.8 Å². The number of carbonyl (C=O) groups is 1. The van der Waals surface area contributed by atoms with Crippen molar-refractivity contribution in [3.8, 4) is 0 Å². The summed E-state index contributed by atoms with van der Waals surface area (Å²) in [5.74, 6) is -0.712. The molecule has 0 saturated carbocycles. The maximum absolute atomic E-state index is 13.6. The van der Waals surface area contributed by atoms with E-state index in [4.69, 9.17) is 0 Å². The van der Waals surface area contributed by atoms with Crippen LogP contribution in [0.15, 0.2) is 18.5 Å². The van der Waals surface area contributed by atoms with Gasteiger partial charge in [0, 0.05) is 18.8 Å². The molecule has 4 heteroatoms. The van der Waals surface area contributed by atoms with Crippen LogP contribution in [-0.4, -0.2) is 28.4 Å². The second kappa shape index (κ2) is 5.94. The van der Waals surface area contributed by atoms with Crippen LogP contribution < -0.4 is 0 Å². The quantitative estimate of drug-likeness (QED) is 0.826. The molecule has 0 spiro atoms. The van der Waals surface area contributed by atoms with Crippen LogP contribution in [0, 0.1) is 5.82 Å². The lowest BCUT2D eigenvalue weighted by Gasteiger charge is -2.35. The zero-order chi connectivity index (χ0) is 13.0. The van der Waals surface area contributed by atoms with E-state index in [0.29, 0.717) is 0 Å². The van der Waals surface area contributed by atoms with E-state index >= 15 is 0 Å². The number of halogens is 1. The van der Waals surface area contributed by atoms with Crippen LogP contribution in [0.4, 0.5) is 4.39 Å². The largest absolute Gasteiger partial charge is 0.336 e. The highest BCUT2D eigenvalue weighted by molar-refractivity contribution is 5.94. The number of hydrogen-bond acceptors (Lipinski definition) is 2. The van der Waals surface area contributed by atoms with Crippen LogP contribution in [0.2, 0.25) is 0 Å². The highest BCUT2D eigenvalue weighted by Crippen LogP contribution is 2.23. The van der Waals surface area contributed by atoms with Gasteiger partial charge in [-0.15, -0.1) is 0 Å². The van der Waals surface area contributed by atoms with Gasteiger partial charge in [0.25, 0.3) is 5.91 Å². The Labute approximate surface area is 107 Å². The Balaban J connectivity index is 2.18. The Morgan fingerprint density at radius 3 is 3.11 bits per heavy atom. The van der Waals surface area contributed by atoms with E-state index in [9.17, 15) is 9.18 Å². The van der Waals surface area contributed by atoms with E-state index in [1.165, 1.54) is 12.3 Å². The minimum atomic E-state index is -0.525. The molecule has 1 aliphatic rings. The number of carbonyl (C=O) groups excluding carboxylic acids is 1. The Kier molecular flexibility index (Phi) is 4.28. The number of rotatable bonds is 3. The molecule has 1 aromatic rings. The Bertz CT molecular complexity index is 420. The highest BCUT2D eigenvalue weighted by atomic mass is 19.1. The molecule has 0 bridgehead atoms. The van der Waals surface area contributed by atoms with Crippen molar-refractivity contribution < 1.29 is 9.18 Å². The fourth-order valence-electron chi connectivity index (χ4n) is 2.60. The van der Waals surface area contributed by atoms with E-state index < -0.39 is 5.82 Å². The third-order valence-corrected chi connectivity index (χ3v) is 3.51. The lowest BCUT2D eigenvalue weighted by molar-refractivity contribution is 0.0595. The molecule has 1 aromatic heterocycles. The summed E-state index contributed by atoms with van der Waals surface area (Å²) in [4.78, 5) is 17.9.